The SMILES string of the molecule is COc1cccc(Cc2c(-c3cccc(OC)c3)oc3c(O)c(O)ccc3c2=O)c1. The standard InChI is InChI=1S/C24H20O6/c1-28-16-7-3-5-14(11-16)12-19-21(26)18-9-10-20(25)22(27)24(18)30-23(19)15-6-4-8-17(13-15)29-2/h3-11,13,25,27H,12H2,1-2H3. The molecule has 2 N–H and O–H groups in total. The minimum Gasteiger partial charge on any atom is -0.504 e. The van der Waals surface area contributed by atoms with Crippen LogP contribution >= 0.6 is 0 Å². The lowest BCUT2D eigenvalue weighted by Crippen LogP contribution is -2.12. The number of phenols is 2. The fourth-order valence-corrected chi connectivity index (χ4v) is 3.42. The zero-order valence-corrected chi connectivity index (χ0v) is 16.5. The van der Waals surface area contributed by atoms with Gasteiger partial charge in [0.25, 0.3) is 0 Å². The van der Waals surface area contributed by atoms with E-state index in [-0.39, 0.29) is 22.1 Å². The number of aromatic hydroxyl groups is 2. The minimum atomic E-state index is -0.471. The summed E-state index contributed by atoms with van der Waals surface area (Å²) in [6, 6.07) is 17.3. The van der Waals surface area contributed by atoms with E-state index in [1.54, 1.807) is 38.5 Å². The first-order valence-electron chi connectivity index (χ1n) is 9.29. The Bertz CT molecular complexity index is 1290. The summed E-state index contributed by atoms with van der Waals surface area (Å²) in [7, 11) is 3.14. The van der Waals surface area contributed by atoms with Gasteiger partial charge >= 0.3 is 0 Å². The quantitative estimate of drug-likeness (QED) is 0.477. The van der Waals surface area contributed by atoms with E-state index in [4.69, 9.17) is 13.9 Å². The molecule has 0 aliphatic heterocycles. The monoisotopic (exact) mass is 404 g/mol. The summed E-state index contributed by atoms with van der Waals surface area (Å²) in [6.45, 7) is 0. The van der Waals surface area contributed by atoms with Gasteiger partial charge < -0.3 is 24.1 Å². The van der Waals surface area contributed by atoms with Gasteiger partial charge in [-0.15, -0.1) is 0 Å². The van der Waals surface area contributed by atoms with Crippen molar-refractivity contribution in [3.05, 3.63) is 82.0 Å². The topological polar surface area (TPSA) is 89.1 Å². The number of hydrogen-bond donors (Lipinski definition) is 2. The number of benzene rings is 3. The number of methoxy groups -OCH3 is 2. The maximum atomic E-state index is 13.4. The molecule has 0 spiro atoms. The molecule has 4 aromatic rings. The van der Waals surface area contributed by atoms with Gasteiger partial charge in [0.05, 0.1) is 19.6 Å². The highest BCUT2D eigenvalue weighted by Gasteiger charge is 2.20. The predicted molar refractivity (Wildman–Crippen MR) is 114 cm³/mol. The zero-order chi connectivity index (χ0) is 21.3. The van der Waals surface area contributed by atoms with Gasteiger partial charge in [-0.2, -0.15) is 0 Å². The summed E-state index contributed by atoms with van der Waals surface area (Å²) >= 11 is 0. The van der Waals surface area contributed by atoms with E-state index in [9.17, 15) is 15.0 Å². The lowest BCUT2D eigenvalue weighted by atomic mass is 9.98. The fourth-order valence-electron chi connectivity index (χ4n) is 3.42. The molecular formula is C24H20O6. The van der Waals surface area contributed by atoms with E-state index in [1.165, 1.54) is 12.1 Å². The van der Waals surface area contributed by atoms with Gasteiger partial charge in [0, 0.05) is 17.5 Å². The number of fused-ring (bicyclic) bond motifs is 1. The van der Waals surface area contributed by atoms with Gasteiger partial charge in [0.2, 0.25) is 5.75 Å². The molecule has 1 aromatic heterocycles. The maximum Gasteiger partial charge on any atom is 0.201 e. The molecule has 0 saturated carbocycles. The minimum absolute atomic E-state index is 0.0628. The largest absolute Gasteiger partial charge is 0.504 e. The molecule has 0 amide bonds. The second-order valence-corrected chi connectivity index (χ2v) is 6.81. The van der Waals surface area contributed by atoms with E-state index >= 15 is 0 Å². The molecule has 3 aromatic carbocycles. The summed E-state index contributed by atoms with van der Waals surface area (Å²) in [5.74, 6) is 0.755. The van der Waals surface area contributed by atoms with Crippen LogP contribution in [0, 0.1) is 0 Å². The Morgan fingerprint density at radius 1 is 0.900 bits per heavy atom. The average molecular weight is 404 g/mol. The summed E-state index contributed by atoms with van der Waals surface area (Å²) in [5.41, 5.74) is 1.57. The predicted octanol–water partition coefficient (Wildman–Crippen LogP) is 4.48. The van der Waals surface area contributed by atoms with Crippen LogP contribution in [0.15, 0.2) is 69.9 Å². The molecule has 1 heterocycles. The molecule has 6 nitrogen and oxygen atoms in total. The Morgan fingerprint density at radius 2 is 1.60 bits per heavy atom. The second kappa shape index (κ2) is 7.83. The fraction of sp³-hybridized carbons (Fsp3) is 0.125. The highest BCUT2D eigenvalue weighted by Crippen LogP contribution is 2.37. The van der Waals surface area contributed by atoms with E-state index in [0.29, 0.717) is 34.8 Å². The van der Waals surface area contributed by atoms with Gasteiger partial charge in [0.15, 0.2) is 16.8 Å². The molecule has 0 radical (unpaired) electrons. The summed E-state index contributed by atoms with van der Waals surface area (Å²) in [5, 5.41) is 20.3. The van der Waals surface area contributed by atoms with Crippen molar-refractivity contribution in [2.45, 2.75) is 6.42 Å². The Balaban J connectivity index is 1.99. The van der Waals surface area contributed by atoms with Crippen LogP contribution in [-0.4, -0.2) is 24.4 Å². The smallest absolute Gasteiger partial charge is 0.201 e. The Morgan fingerprint density at radius 3 is 2.33 bits per heavy atom. The van der Waals surface area contributed by atoms with E-state index < -0.39 is 5.75 Å². The van der Waals surface area contributed by atoms with Crippen LogP contribution in [0.3, 0.4) is 0 Å². The van der Waals surface area contributed by atoms with Gasteiger partial charge in [-0.25, -0.2) is 0 Å². The lowest BCUT2D eigenvalue weighted by Gasteiger charge is -2.13. The zero-order valence-electron chi connectivity index (χ0n) is 16.5. The first-order valence-corrected chi connectivity index (χ1v) is 9.29. The molecule has 0 aliphatic rings. The third kappa shape index (κ3) is 3.43. The molecule has 6 heteroatoms. The number of phenolic OH excluding ortho intramolecular Hbond substituents is 2. The summed E-state index contributed by atoms with van der Waals surface area (Å²) < 4.78 is 16.6. The molecule has 152 valence electrons. The third-order valence-corrected chi connectivity index (χ3v) is 4.95. The Labute approximate surface area is 172 Å². The van der Waals surface area contributed by atoms with Crippen LogP contribution in [0.2, 0.25) is 0 Å². The molecule has 4 rings (SSSR count). The molecule has 30 heavy (non-hydrogen) atoms. The van der Waals surface area contributed by atoms with Crippen LogP contribution in [0.5, 0.6) is 23.0 Å². The van der Waals surface area contributed by atoms with Crippen molar-refractivity contribution in [2.75, 3.05) is 14.2 Å². The highest BCUT2D eigenvalue weighted by molar-refractivity contribution is 5.87. The van der Waals surface area contributed by atoms with Crippen LogP contribution in [0.25, 0.3) is 22.3 Å². The van der Waals surface area contributed by atoms with Crippen molar-refractivity contribution >= 4 is 11.0 Å². The molecular weight excluding hydrogens is 384 g/mol. The molecule has 0 unspecified atom stereocenters. The van der Waals surface area contributed by atoms with Crippen molar-refractivity contribution in [1.29, 1.82) is 0 Å². The van der Waals surface area contributed by atoms with Crippen molar-refractivity contribution in [3.8, 4) is 34.3 Å². The van der Waals surface area contributed by atoms with Gasteiger partial charge in [-0.3, -0.25) is 4.79 Å². The van der Waals surface area contributed by atoms with Gasteiger partial charge in [0.1, 0.15) is 17.3 Å². The molecule has 0 atom stereocenters. The van der Waals surface area contributed by atoms with Crippen molar-refractivity contribution < 1.29 is 24.1 Å². The van der Waals surface area contributed by atoms with Crippen LogP contribution < -0.4 is 14.9 Å². The van der Waals surface area contributed by atoms with Gasteiger partial charge in [-0.1, -0.05) is 24.3 Å². The molecule has 0 saturated heterocycles. The number of rotatable bonds is 5. The second-order valence-electron chi connectivity index (χ2n) is 6.81. The van der Waals surface area contributed by atoms with Crippen molar-refractivity contribution in [2.24, 2.45) is 0 Å². The maximum absolute atomic E-state index is 13.4. The van der Waals surface area contributed by atoms with Crippen molar-refractivity contribution in [3.63, 3.8) is 0 Å². The Hall–Kier alpha value is -3.93. The number of hydrogen-bond acceptors (Lipinski definition) is 6. The van der Waals surface area contributed by atoms with Crippen molar-refractivity contribution in [1.82, 2.24) is 0 Å². The lowest BCUT2D eigenvalue weighted by molar-refractivity contribution is 0.400. The van der Waals surface area contributed by atoms with Crippen LogP contribution in [0.4, 0.5) is 0 Å². The normalized spacial score (nSPS) is 10.9. The van der Waals surface area contributed by atoms with E-state index in [2.05, 4.69) is 0 Å². The molecule has 0 bridgehead atoms. The average Bonchev–Trinajstić information content (AvgIpc) is 2.78. The Kier molecular flexibility index (Phi) is 5.06. The van der Waals surface area contributed by atoms with E-state index in [1.807, 2.05) is 24.3 Å². The first kappa shape index (κ1) is 19.4. The van der Waals surface area contributed by atoms with Gasteiger partial charge in [-0.05, 0) is 42.0 Å². The van der Waals surface area contributed by atoms with E-state index in [0.717, 1.165) is 5.56 Å². The van der Waals surface area contributed by atoms with Crippen LogP contribution in [-0.2, 0) is 6.42 Å². The first-order chi connectivity index (χ1) is 14.5. The summed E-state index contributed by atoms with van der Waals surface area (Å²) in [6.07, 6.45) is 0.295. The van der Waals surface area contributed by atoms with Crippen LogP contribution in [0.1, 0.15) is 11.1 Å². The highest BCUT2D eigenvalue weighted by atomic mass is 16.5. The number of ether oxygens (including phenoxy) is 2. The summed E-state index contributed by atoms with van der Waals surface area (Å²) in [4.78, 5) is 13.4. The molecule has 0 fully saturated rings. The third-order valence-electron chi connectivity index (χ3n) is 4.95. The molecule has 0 aliphatic carbocycles.